The minimum atomic E-state index is 0. The highest BCUT2D eigenvalue weighted by atomic mass is 35.5. The van der Waals surface area contributed by atoms with E-state index < -0.39 is 0 Å². The van der Waals surface area contributed by atoms with E-state index in [1.807, 2.05) is 0 Å². The van der Waals surface area contributed by atoms with Gasteiger partial charge in [-0.25, -0.2) is 0 Å². The molecular weight excluding hydrogens is 218 g/mol. The molecule has 2 aliphatic rings. The molecule has 0 aliphatic carbocycles. The topological polar surface area (TPSA) is 21.3 Å². The molecule has 0 bridgehead atoms. The van der Waals surface area contributed by atoms with Crippen LogP contribution in [0.1, 0.15) is 26.2 Å². The molecule has 0 spiro atoms. The number of hydrogen-bond donors (Lipinski definition) is 1. The van der Waals surface area contributed by atoms with Crippen molar-refractivity contribution >= 4 is 24.2 Å². The molecule has 1 N–H and O–H groups in total. The first-order chi connectivity index (χ1) is 6.34. The minimum absolute atomic E-state index is 0. The molecule has 0 amide bonds. The lowest BCUT2D eigenvalue weighted by molar-refractivity contribution is -0.0278. The maximum atomic E-state index is 5.73. The van der Waals surface area contributed by atoms with Crippen LogP contribution in [0.2, 0.25) is 0 Å². The van der Waals surface area contributed by atoms with E-state index in [2.05, 4.69) is 24.0 Å². The number of thioether (sulfide) groups is 1. The van der Waals surface area contributed by atoms with Gasteiger partial charge in [0, 0.05) is 11.8 Å². The van der Waals surface area contributed by atoms with Crippen molar-refractivity contribution in [2.75, 3.05) is 18.9 Å². The van der Waals surface area contributed by atoms with Crippen molar-refractivity contribution in [3.05, 3.63) is 0 Å². The summed E-state index contributed by atoms with van der Waals surface area (Å²) in [7, 11) is 0. The van der Waals surface area contributed by atoms with Crippen LogP contribution in [0, 0.1) is 5.92 Å². The van der Waals surface area contributed by atoms with Crippen LogP contribution in [0.5, 0.6) is 0 Å². The molecule has 14 heavy (non-hydrogen) atoms. The van der Waals surface area contributed by atoms with Crippen molar-refractivity contribution in [1.29, 1.82) is 0 Å². The molecule has 3 unspecified atom stereocenters. The van der Waals surface area contributed by atoms with Crippen molar-refractivity contribution < 1.29 is 4.74 Å². The van der Waals surface area contributed by atoms with Crippen LogP contribution >= 0.6 is 24.2 Å². The third kappa shape index (κ3) is 3.61. The number of rotatable bonds is 2. The van der Waals surface area contributed by atoms with Gasteiger partial charge in [-0.1, -0.05) is 6.92 Å². The third-order valence-electron chi connectivity index (χ3n) is 2.78. The van der Waals surface area contributed by atoms with Gasteiger partial charge in [-0.3, -0.25) is 5.32 Å². The van der Waals surface area contributed by atoms with Crippen LogP contribution in [-0.4, -0.2) is 30.4 Å². The average molecular weight is 238 g/mol. The summed E-state index contributed by atoms with van der Waals surface area (Å²) in [4.78, 5) is 0. The molecule has 2 rings (SSSR count). The van der Waals surface area contributed by atoms with Crippen molar-refractivity contribution in [1.82, 2.24) is 5.32 Å². The summed E-state index contributed by atoms with van der Waals surface area (Å²) >= 11 is 2.12. The number of nitrogens with one attached hydrogen (secondary N) is 1. The molecule has 2 saturated heterocycles. The number of halogens is 1. The summed E-state index contributed by atoms with van der Waals surface area (Å²) in [6, 6.07) is 0. The Labute approximate surface area is 97.0 Å². The SMILES string of the molecule is CC1CNC(CC2CCCS2)OC1.Cl. The Hall–Kier alpha value is 0.560. The minimum Gasteiger partial charge on any atom is -0.363 e. The quantitative estimate of drug-likeness (QED) is 0.796. The largest absolute Gasteiger partial charge is 0.363 e. The number of hydrogen-bond acceptors (Lipinski definition) is 3. The Morgan fingerprint density at radius 1 is 1.50 bits per heavy atom. The van der Waals surface area contributed by atoms with E-state index in [4.69, 9.17) is 4.74 Å². The average Bonchev–Trinajstić information content (AvgIpc) is 2.62. The fraction of sp³-hybridized carbons (Fsp3) is 1.00. The van der Waals surface area contributed by atoms with E-state index in [1.54, 1.807) is 0 Å². The van der Waals surface area contributed by atoms with Gasteiger partial charge in [0.1, 0.15) is 6.23 Å². The fourth-order valence-corrected chi connectivity index (χ4v) is 3.26. The van der Waals surface area contributed by atoms with Gasteiger partial charge in [0.15, 0.2) is 0 Å². The van der Waals surface area contributed by atoms with Crippen LogP contribution in [0.25, 0.3) is 0 Å². The molecule has 84 valence electrons. The lowest BCUT2D eigenvalue weighted by Crippen LogP contribution is -2.43. The normalized spacial score (nSPS) is 37.9. The van der Waals surface area contributed by atoms with E-state index >= 15 is 0 Å². The van der Waals surface area contributed by atoms with E-state index in [-0.39, 0.29) is 12.4 Å². The summed E-state index contributed by atoms with van der Waals surface area (Å²) in [5.41, 5.74) is 0. The molecule has 0 aromatic carbocycles. The van der Waals surface area contributed by atoms with Gasteiger partial charge in [-0.15, -0.1) is 12.4 Å². The lowest BCUT2D eigenvalue weighted by atomic mass is 10.1. The highest BCUT2D eigenvalue weighted by molar-refractivity contribution is 8.00. The maximum absolute atomic E-state index is 5.73. The first-order valence-corrected chi connectivity index (χ1v) is 6.36. The fourth-order valence-electron chi connectivity index (χ4n) is 1.95. The second-order valence-electron chi connectivity index (χ2n) is 4.21. The van der Waals surface area contributed by atoms with E-state index in [0.29, 0.717) is 12.1 Å². The maximum Gasteiger partial charge on any atom is 0.109 e. The zero-order valence-electron chi connectivity index (χ0n) is 8.70. The van der Waals surface area contributed by atoms with Crippen LogP contribution in [-0.2, 0) is 4.74 Å². The molecule has 2 aliphatic heterocycles. The van der Waals surface area contributed by atoms with Crippen LogP contribution in [0.4, 0.5) is 0 Å². The first kappa shape index (κ1) is 12.6. The summed E-state index contributed by atoms with van der Waals surface area (Å²) in [6.45, 7) is 4.30. The Morgan fingerprint density at radius 2 is 2.36 bits per heavy atom. The van der Waals surface area contributed by atoms with Crippen LogP contribution < -0.4 is 5.32 Å². The molecular formula is C10H20ClNOS. The van der Waals surface area contributed by atoms with E-state index in [9.17, 15) is 0 Å². The van der Waals surface area contributed by atoms with Gasteiger partial charge in [-0.2, -0.15) is 11.8 Å². The molecule has 4 heteroatoms. The highest BCUT2D eigenvalue weighted by Gasteiger charge is 2.23. The van der Waals surface area contributed by atoms with E-state index in [1.165, 1.54) is 25.0 Å². The molecule has 0 aromatic rings. The predicted octanol–water partition coefficient (Wildman–Crippen LogP) is 2.28. The molecule has 0 aromatic heterocycles. The summed E-state index contributed by atoms with van der Waals surface area (Å²) < 4.78 is 5.73. The van der Waals surface area contributed by atoms with E-state index in [0.717, 1.165) is 18.4 Å². The predicted molar refractivity (Wildman–Crippen MR) is 64.3 cm³/mol. The Balaban J connectivity index is 0.000000980. The van der Waals surface area contributed by atoms with Crippen LogP contribution in [0.3, 0.4) is 0 Å². The monoisotopic (exact) mass is 237 g/mol. The third-order valence-corrected chi connectivity index (χ3v) is 4.20. The second-order valence-corrected chi connectivity index (χ2v) is 5.61. The van der Waals surface area contributed by atoms with Crippen molar-refractivity contribution in [3.63, 3.8) is 0 Å². The number of ether oxygens (including phenoxy) is 1. The Bertz CT molecular complexity index is 156. The lowest BCUT2D eigenvalue weighted by Gasteiger charge is -2.29. The summed E-state index contributed by atoms with van der Waals surface area (Å²) in [5.74, 6) is 2.04. The van der Waals surface area contributed by atoms with Gasteiger partial charge in [0.05, 0.1) is 6.61 Å². The molecule has 0 radical (unpaired) electrons. The second kappa shape index (κ2) is 6.21. The molecule has 2 nitrogen and oxygen atoms in total. The molecule has 0 saturated carbocycles. The van der Waals surface area contributed by atoms with Crippen molar-refractivity contribution in [3.8, 4) is 0 Å². The Kier molecular flexibility index (Phi) is 5.60. The van der Waals surface area contributed by atoms with Gasteiger partial charge >= 0.3 is 0 Å². The summed E-state index contributed by atoms with van der Waals surface area (Å²) in [6.07, 6.45) is 4.34. The van der Waals surface area contributed by atoms with Gasteiger partial charge in [-0.05, 0) is 30.9 Å². The Morgan fingerprint density at radius 3 is 2.93 bits per heavy atom. The van der Waals surface area contributed by atoms with Crippen LogP contribution in [0.15, 0.2) is 0 Å². The standard InChI is InChI=1S/C10H19NOS.ClH/c1-8-6-11-10(12-7-8)5-9-3-2-4-13-9;/h8-11H,2-7H2,1H3;1H. The van der Waals surface area contributed by atoms with Gasteiger partial charge in [0.2, 0.25) is 0 Å². The van der Waals surface area contributed by atoms with Gasteiger partial charge < -0.3 is 4.74 Å². The zero-order chi connectivity index (χ0) is 9.10. The van der Waals surface area contributed by atoms with Crippen molar-refractivity contribution in [2.24, 2.45) is 5.92 Å². The summed E-state index contributed by atoms with van der Waals surface area (Å²) in [5, 5.41) is 4.31. The molecule has 3 atom stereocenters. The first-order valence-electron chi connectivity index (χ1n) is 5.31. The zero-order valence-corrected chi connectivity index (χ0v) is 10.3. The van der Waals surface area contributed by atoms with Crippen molar-refractivity contribution in [2.45, 2.75) is 37.7 Å². The van der Waals surface area contributed by atoms with Gasteiger partial charge in [0.25, 0.3) is 0 Å². The molecule has 2 heterocycles. The highest BCUT2D eigenvalue weighted by Crippen LogP contribution is 2.30. The smallest absolute Gasteiger partial charge is 0.109 e. The molecule has 2 fully saturated rings.